The van der Waals surface area contributed by atoms with Gasteiger partial charge in [-0.25, -0.2) is 9.36 Å². The van der Waals surface area contributed by atoms with Crippen molar-refractivity contribution in [1.82, 2.24) is 34.8 Å². The second-order valence-electron chi connectivity index (χ2n) is 6.02. The van der Waals surface area contributed by atoms with Crippen LogP contribution in [-0.2, 0) is 5.75 Å². The van der Waals surface area contributed by atoms with Gasteiger partial charge in [0.2, 0.25) is 16.9 Å². The van der Waals surface area contributed by atoms with Gasteiger partial charge in [-0.05, 0) is 44.2 Å². The Kier molecular flexibility index (Phi) is 4.74. The lowest BCUT2D eigenvalue weighted by Crippen LogP contribution is -2.17. The highest BCUT2D eigenvalue weighted by Crippen LogP contribution is 2.24. The fourth-order valence-electron chi connectivity index (χ4n) is 2.64. The number of thioether (sulfide) groups is 1. The van der Waals surface area contributed by atoms with Crippen LogP contribution in [-0.4, -0.2) is 41.9 Å². The molecule has 3 heterocycles. The van der Waals surface area contributed by atoms with Gasteiger partial charge in [-0.1, -0.05) is 16.9 Å². The Labute approximate surface area is 164 Å². The fourth-order valence-corrected chi connectivity index (χ4v) is 3.33. The number of aromatic nitrogens is 7. The molecule has 2 N–H and O–H groups in total. The van der Waals surface area contributed by atoms with Gasteiger partial charge in [0.1, 0.15) is 5.75 Å². The molecule has 0 saturated carbocycles. The Balaban J connectivity index is 1.47. The van der Waals surface area contributed by atoms with Crippen molar-refractivity contribution in [3.63, 3.8) is 0 Å². The van der Waals surface area contributed by atoms with Crippen LogP contribution >= 0.6 is 11.8 Å². The topological polar surface area (TPSA) is 123 Å². The number of nitrogen functional groups attached to an aromatic ring is 1. The number of hydrogen-bond acceptors (Lipinski definition) is 9. The summed E-state index contributed by atoms with van der Waals surface area (Å²) in [5.41, 5.74) is 2.65. The van der Waals surface area contributed by atoms with Crippen LogP contribution < -0.4 is 10.6 Å². The first-order valence-corrected chi connectivity index (χ1v) is 9.37. The molecule has 0 bridgehead atoms. The molecule has 4 aromatic rings. The van der Waals surface area contributed by atoms with Gasteiger partial charge in [0.05, 0.1) is 18.6 Å². The van der Waals surface area contributed by atoms with Crippen molar-refractivity contribution in [2.24, 2.45) is 0 Å². The summed E-state index contributed by atoms with van der Waals surface area (Å²) >= 11 is 1.35. The van der Waals surface area contributed by atoms with E-state index in [1.807, 2.05) is 44.2 Å². The van der Waals surface area contributed by atoms with Crippen LogP contribution in [0.1, 0.15) is 17.3 Å². The number of hydrogen-bond donors (Lipinski definition) is 1. The van der Waals surface area contributed by atoms with E-state index in [-0.39, 0.29) is 0 Å². The average Bonchev–Trinajstić information content (AvgIpc) is 3.39. The Bertz CT molecular complexity index is 1100. The van der Waals surface area contributed by atoms with Crippen molar-refractivity contribution >= 4 is 11.8 Å². The summed E-state index contributed by atoms with van der Waals surface area (Å²) in [6.07, 6.45) is 0. The lowest BCUT2D eigenvalue weighted by atomic mass is 10.2. The van der Waals surface area contributed by atoms with Crippen molar-refractivity contribution in [3.05, 3.63) is 47.6 Å². The molecule has 0 atom stereocenters. The van der Waals surface area contributed by atoms with E-state index in [4.69, 9.17) is 15.1 Å². The molecule has 0 radical (unpaired) electrons. The molecule has 10 nitrogen and oxygen atoms in total. The molecule has 144 valence electrons. The molecule has 3 aromatic heterocycles. The third-order valence-electron chi connectivity index (χ3n) is 3.99. The Morgan fingerprint density at radius 2 is 1.96 bits per heavy atom. The maximum absolute atomic E-state index is 6.13. The molecule has 0 aliphatic heterocycles. The van der Waals surface area contributed by atoms with Crippen LogP contribution in [0.4, 0.5) is 0 Å². The first-order valence-electron chi connectivity index (χ1n) is 8.39. The van der Waals surface area contributed by atoms with Crippen molar-refractivity contribution in [2.45, 2.75) is 24.8 Å². The maximum atomic E-state index is 6.13. The number of nitrogens with two attached hydrogens (primary N) is 1. The molecular formula is C17H18N8O2S. The van der Waals surface area contributed by atoms with E-state index in [9.17, 15) is 0 Å². The summed E-state index contributed by atoms with van der Waals surface area (Å²) in [7, 11) is 1.62. The molecule has 0 amide bonds. The number of ether oxygens (including phenoxy) is 1. The molecule has 0 unspecified atom stereocenters. The minimum atomic E-state index is 0.412. The van der Waals surface area contributed by atoms with E-state index < -0.39 is 0 Å². The summed E-state index contributed by atoms with van der Waals surface area (Å²) in [5, 5.41) is 17.2. The number of aryl methyl sites for hydroxylation is 2. The van der Waals surface area contributed by atoms with E-state index in [0.29, 0.717) is 28.6 Å². The lowest BCUT2D eigenvalue weighted by molar-refractivity contribution is 0.391. The van der Waals surface area contributed by atoms with Gasteiger partial charge in [0.15, 0.2) is 0 Å². The lowest BCUT2D eigenvalue weighted by Gasteiger charge is -2.03. The first-order chi connectivity index (χ1) is 13.5. The Hall–Kier alpha value is -3.34. The van der Waals surface area contributed by atoms with Crippen LogP contribution in [0.2, 0.25) is 0 Å². The summed E-state index contributed by atoms with van der Waals surface area (Å²) < 4.78 is 13.5. The molecule has 0 fully saturated rings. The minimum absolute atomic E-state index is 0.412. The third kappa shape index (κ3) is 3.43. The summed E-state index contributed by atoms with van der Waals surface area (Å²) in [5.74, 6) is 8.73. The molecule has 0 saturated heterocycles. The van der Waals surface area contributed by atoms with Crippen LogP contribution in [0, 0.1) is 13.8 Å². The number of rotatable bonds is 6. The highest BCUT2D eigenvalue weighted by Gasteiger charge is 2.16. The Morgan fingerprint density at radius 3 is 2.64 bits per heavy atom. The molecule has 0 aliphatic carbocycles. The molecule has 11 heteroatoms. The predicted octanol–water partition coefficient (Wildman–Crippen LogP) is 2.15. The van der Waals surface area contributed by atoms with E-state index in [2.05, 4.69) is 25.4 Å². The quantitative estimate of drug-likeness (QED) is 0.384. The smallest absolute Gasteiger partial charge is 0.271 e. The second kappa shape index (κ2) is 7.35. The number of benzene rings is 1. The van der Waals surface area contributed by atoms with Gasteiger partial charge in [-0.15, -0.1) is 10.2 Å². The normalized spacial score (nSPS) is 11.1. The van der Waals surface area contributed by atoms with Gasteiger partial charge >= 0.3 is 0 Å². The van der Waals surface area contributed by atoms with Crippen LogP contribution in [0.5, 0.6) is 5.75 Å². The highest BCUT2D eigenvalue weighted by atomic mass is 32.2. The summed E-state index contributed by atoms with van der Waals surface area (Å²) in [6, 6.07) is 9.38. The summed E-state index contributed by atoms with van der Waals surface area (Å²) in [4.78, 5) is 4.41. The van der Waals surface area contributed by atoms with Gasteiger partial charge in [0, 0.05) is 11.3 Å². The van der Waals surface area contributed by atoms with Crippen LogP contribution in [0.15, 0.2) is 40.0 Å². The molecule has 1 aromatic carbocycles. The zero-order chi connectivity index (χ0) is 19.7. The predicted molar refractivity (Wildman–Crippen MR) is 103 cm³/mol. The van der Waals surface area contributed by atoms with E-state index in [0.717, 1.165) is 22.7 Å². The molecule has 4 rings (SSSR count). The maximum Gasteiger partial charge on any atom is 0.271 e. The van der Waals surface area contributed by atoms with Crippen LogP contribution in [0.3, 0.4) is 0 Å². The van der Waals surface area contributed by atoms with E-state index in [1.165, 1.54) is 16.4 Å². The zero-order valence-electron chi connectivity index (χ0n) is 15.5. The SMILES string of the molecule is COc1ccc(-c2noc(CSc3nnc(-n4nc(C)cc4C)n3N)n2)cc1. The van der Waals surface area contributed by atoms with Gasteiger partial charge in [0.25, 0.3) is 5.95 Å². The summed E-state index contributed by atoms with van der Waals surface area (Å²) in [6.45, 7) is 3.84. The van der Waals surface area contributed by atoms with Gasteiger partial charge in [-0.3, -0.25) is 0 Å². The second-order valence-corrected chi connectivity index (χ2v) is 6.96. The molecular weight excluding hydrogens is 380 g/mol. The fraction of sp³-hybridized carbons (Fsp3) is 0.235. The van der Waals surface area contributed by atoms with Gasteiger partial charge in [-0.2, -0.15) is 10.1 Å². The standard InChI is InChI=1S/C17H18N8O2S/c1-10-8-11(2)25(22-10)16-20-21-17(24(16)18)28-9-14-19-15(23-27-14)12-4-6-13(26-3)7-5-12/h4-8H,9,18H2,1-3H3. The monoisotopic (exact) mass is 398 g/mol. The third-order valence-corrected chi connectivity index (χ3v) is 4.91. The van der Waals surface area contributed by atoms with Crippen molar-refractivity contribution < 1.29 is 9.26 Å². The Morgan fingerprint density at radius 1 is 1.18 bits per heavy atom. The van der Waals surface area contributed by atoms with Gasteiger partial charge < -0.3 is 15.1 Å². The first kappa shape index (κ1) is 18.0. The number of nitrogens with zero attached hydrogens (tertiary/aromatic N) is 7. The highest BCUT2D eigenvalue weighted by molar-refractivity contribution is 7.98. The molecule has 0 aliphatic rings. The van der Waals surface area contributed by atoms with Crippen molar-refractivity contribution in [2.75, 3.05) is 13.0 Å². The zero-order valence-corrected chi connectivity index (χ0v) is 16.3. The van der Waals surface area contributed by atoms with Crippen molar-refractivity contribution in [1.29, 1.82) is 0 Å². The van der Waals surface area contributed by atoms with E-state index in [1.54, 1.807) is 11.8 Å². The molecule has 28 heavy (non-hydrogen) atoms. The minimum Gasteiger partial charge on any atom is -0.497 e. The van der Waals surface area contributed by atoms with Crippen molar-refractivity contribution in [3.8, 4) is 23.1 Å². The number of methoxy groups -OCH3 is 1. The van der Waals surface area contributed by atoms with E-state index >= 15 is 0 Å². The largest absolute Gasteiger partial charge is 0.497 e. The van der Waals surface area contributed by atoms with Crippen LogP contribution in [0.25, 0.3) is 17.3 Å². The molecule has 0 spiro atoms. The average molecular weight is 398 g/mol.